The number of nitrogens with one attached hydrogen (secondary N) is 1. The fourth-order valence-corrected chi connectivity index (χ4v) is 2.74. The number of anilines is 1. The van der Waals surface area contributed by atoms with E-state index in [4.69, 9.17) is 23.2 Å². The van der Waals surface area contributed by atoms with Gasteiger partial charge in [-0.05, 0) is 29.8 Å². The molecule has 1 heterocycles. The van der Waals surface area contributed by atoms with E-state index in [0.717, 1.165) is 5.56 Å². The van der Waals surface area contributed by atoms with Gasteiger partial charge in [0.1, 0.15) is 6.54 Å². The summed E-state index contributed by atoms with van der Waals surface area (Å²) in [5, 5.41) is 3.72. The predicted octanol–water partition coefficient (Wildman–Crippen LogP) is 3.59. The van der Waals surface area contributed by atoms with Crippen molar-refractivity contribution < 1.29 is 9.59 Å². The van der Waals surface area contributed by atoms with Crippen molar-refractivity contribution in [3.63, 3.8) is 0 Å². The summed E-state index contributed by atoms with van der Waals surface area (Å²) in [6.07, 6.45) is 0. The van der Waals surface area contributed by atoms with E-state index in [9.17, 15) is 9.59 Å². The molecule has 2 amide bonds. The van der Waals surface area contributed by atoms with Crippen molar-refractivity contribution in [2.45, 2.75) is 6.54 Å². The van der Waals surface area contributed by atoms with Crippen LogP contribution in [-0.2, 0) is 11.3 Å². The van der Waals surface area contributed by atoms with Crippen LogP contribution in [0.1, 0.15) is 15.9 Å². The van der Waals surface area contributed by atoms with Crippen molar-refractivity contribution in [2.75, 3.05) is 11.9 Å². The first kappa shape index (κ1) is 14.9. The highest BCUT2D eigenvalue weighted by Crippen LogP contribution is 2.26. The SMILES string of the molecule is O=C1CN(Cc2ccccc2Cl)C(=O)c2cc(Cl)ccc2N1. The third kappa shape index (κ3) is 2.93. The Kier molecular flexibility index (Phi) is 4.05. The Morgan fingerprint density at radius 3 is 2.64 bits per heavy atom. The third-order valence-electron chi connectivity index (χ3n) is 3.43. The lowest BCUT2D eigenvalue weighted by molar-refractivity contribution is -0.116. The minimum absolute atomic E-state index is 0.0314. The monoisotopic (exact) mass is 334 g/mol. The number of carbonyl (C=O) groups excluding carboxylic acids is 2. The van der Waals surface area contributed by atoms with Crippen LogP contribution in [-0.4, -0.2) is 23.3 Å². The summed E-state index contributed by atoms with van der Waals surface area (Å²) in [6, 6.07) is 12.1. The first-order valence-electron chi connectivity index (χ1n) is 6.66. The van der Waals surface area contributed by atoms with E-state index in [1.807, 2.05) is 18.2 Å². The number of carbonyl (C=O) groups is 2. The molecule has 0 bridgehead atoms. The summed E-state index contributed by atoms with van der Waals surface area (Å²) in [6.45, 7) is 0.230. The molecule has 1 N–H and O–H groups in total. The van der Waals surface area contributed by atoms with Crippen molar-refractivity contribution in [1.29, 1.82) is 0 Å². The van der Waals surface area contributed by atoms with Gasteiger partial charge in [0, 0.05) is 16.6 Å². The Labute approximate surface area is 137 Å². The molecule has 2 aromatic carbocycles. The number of nitrogens with zero attached hydrogens (tertiary/aromatic N) is 1. The van der Waals surface area contributed by atoms with Crippen LogP contribution >= 0.6 is 23.2 Å². The summed E-state index contributed by atoms with van der Waals surface area (Å²) in [4.78, 5) is 26.1. The highest BCUT2D eigenvalue weighted by atomic mass is 35.5. The summed E-state index contributed by atoms with van der Waals surface area (Å²) in [5.74, 6) is -0.503. The van der Waals surface area contributed by atoms with Gasteiger partial charge in [-0.15, -0.1) is 0 Å². The molecule has 0 spiro atoms. The van der Waals surface area contributed by atoms with Gasteiger partial charge in [-0.25, -0.2) is 0 Å². The average molecular weight is 335 g/mol. The van der Waals surface area contributed by atoms with Gasteiger partial charge in [-0.3, -0.25) is 9.59 Å². The van der Waals surface area contributed by atoms with Crippen LogP contribution in [0.5, 0.6) is 0 Å². The second kappa shape index (κ2) is 5.99. The maximum Gasteiger partial charge on any atom is 0.256 e. The van der Waals surface area contributed by atoms with E-state index in [1.165, 1.54) is 4.90 Å². The Hall–Kier alpha value is -2.04. The molecule has 0 saturated carbocycles. The molecule has 4 nitrogen and oxygen atoms in total. The number of halogens is 2. The molecular formula is C16H12Cl2N2O2. The fourth-order valence-electron chi connectivity index (χ4n) is 2.37. The standard InChI is InChI=1S/C16H12Cl2N2O2/c17-11-5-6-14-12(7-11)16(22)20(9-15(21)19-14)8-10-3-1-2-4-13(10)18/h1-7H,8-9H2,(H,19,21). The predicted molar refractivity (Wildman–Crippen MR) is 86.3 cm³/mol. The van der Waals surface area contributed by atoms with Crippen molar-refractivity contribution >= 4 is 40.7 Å². The number of amides is 2. The molecular weight excluding hydrogens is 323 g/mol. The van der Waals surface area contributed by atoms with Crippen LogP contribution in [0.25, 0.3) is 0 Å². The number of fused-ring (bicyclic) bond motifs is 1. The molecule has 3 rings (SSSR count). The lowest BCUT2D eigenvalue weighted by Gasteiger charge is -2.20. The van der Waals surface area contributed by atoms with Crippen molar-refractivity contribution in [3.05, 3.63) is 63.6 Å². The van der Waals surface area contributed by atoms with Gasteiger partial charge in [0.25, 0.3) is 5.91 Å². The van der Waals surface area contributed by atoms with Crippen molar-refractivity contribution in [3.8, 4) is 0 Å². The molecule has 2 aromatic rings. The average Bonchev–Trinajstić information content (AvgIpc) is 2.60. The molecule has 0 aliphatic carbocycles. The lowest BCUT2D eigenvalue weighted by atomic mass is 10.1. The second-order valence-electron chi connectivity index (χ2n) is 4.99. The number of benzene rings is 2. The molecule has 1 aliphatic heterocycles. The zero-order chi connectivity index (χ0) is 15.7. The van der Waals surface area contributed by atoms with E-state index in [0.29, 0.717) is 21.3 Å². The largest absolute Gasteiger partial charge is 0.325 e. The Bertz CT molecular complexity index is 762. The molecule has 6 heteroatoms. The first-order valence-corrected chi connectivity index (χ1v) is 7.42. The number of hydrogen-bond donors (Lipinski definition) is 1. The molecule has 0 radical (unpaired) electrons. The highest BCUT2D eigenvalue weighted by Gasteiger charge is 2.26. The van der Waals surface area contributed by atoms with E-state index in [-0.39, 0.29) is 24.9 Å². The topological polar surface area (TPSA) is 49.4 Å². The van der Waals surface area contributed by atoms with Gasteiger partial charge in [0.15, 0.2) is 0 Å². The molecule has 0 atom stereocenters. The molecule has 22 heavy (non-hydrogen) atoms. The number of hydrogen-bond acceptors (Lipinski definition) is 2. The Morgan fingerprint density at radius 2 is 1.86 bits per heavy atom. The zero-order valence-corrected chi connectivity index (χ0v) is 13.0. The molecule has 0 saturated heterocycles. The molecule has 0 aromatic heterocycles. The van der Waals surface area contributed by atoms with Crippen LogP contribution in [0.4, 0.5) is 5.69 Å². The minimum Gasteiger partial charge on any atom is -0.325 e. The van der Waals surface area contributed by atoms with E-state index < -0.39 is 0 Å². The van der Waals surface area contributed by atoms with E-state index in [1.54, 1.807) is 24.3 Å². The highest BCUT2D eigenvalue weighted by molar-refractivity contribution is 6.31. The van der Waals surface area contributed by atoms with Crippen LogP contribution in [0, 0.1) is 0 Å². The van der Waals surface area contributed by atoms with Crippen LogP contribution < -0.4 is 5.32 Å². The van der Waals surface area contributed by atoms with Crippen LogP contribution in [0.15, 0.2) is 42.5 Å². The summed E-state index contributed by atoms with van der Waals surface area (Å²) in [5.41, 5.74) is 1.64. The van der Waals surface area contributed by atoms with Crippen molar-refractivity contribution in [2.24, 2.45) is 0 Å². The summed E-state index contributed by atoms with van der Waals surface area (Å²) in [7, 11) is 0. The summed E-state index contributed by atoms with van der Waals surface area (Å²) < 4.78 is 0. The maximum absolute atomic E-state index is 12.7. The zero-order valence-electron chi connectivity index (χ0n) is 11.5. The van der Waals surface area contributed by atoms with Gasteiger partial charge < -0.3 is 10.2 Å². The van der Waals surface area contributed by atoms with E-state index in [2.05, 4.69) is 5.32 Å². The maximum atomic E-state index is 12.7. The fraction of sp³-hybridized carbons (Fsp3) is 0.125. The minimum atomic E-state index is -0.254. The Balaban J connectivity index is 1.97. The first-order chi connectivity index (χ1) is 10.5. The van der Waals surface area contributed by atoms with Gasteiger partial charge >= 0.3 is 0 Å². The number of rotatable bonds is 2. The smallest absolute Gasteiger partial charge is 0.256 e. The quantitative estimate of drug-likeness (QED) is 0.912. The third-order valence-corrected chi connectivity index (χ3v) is 4.03. The van der Waals surface area contributed by atoms with Gasteiger partial charge in [-0.2, -0.15) is 0 Å². The van der Waals surface area contributed by atoms with Crippen molar-refractivity contribution in [1.82, 2.24) is 4.90 Å². The van der Waals surface area contributed by atoms with Gasteiger partial charge in [0.05, 0.1) is 11.3 Å². The van der Waals surface area contributed by atoms with Crippen LogP contribution in [0.2, 0.25) is 10.0 Å². The molecule has 0 unspecified atom stereocenters. The second-order valence-corrected chi connectivity index (χ2v) is 5.83. The van der Waals surface area contributed by atoms with Gasteiger partial charge in [0.2, 0.25) is 5.91 Å². The van der Waals surface area contributed by atoms with Crippen LogP contribution in [0.3, 0.4) is 0 Å². The molecule has 0 fully saturated rings. The summed E-state index contributed by atoms with van der Waals surface area (Å²) >= 11 is 12.1. The molecule has 1 aliphatic rings. The Morgan fingerprint density at radius 1 is 1.09 bits per heavy atom. The lowest BCUT2D eigenvalue weighted by Crippen LogP contribution is -2.34. The normalized spacial score (nSPS) is 14.4. The van der Waals surface area contributed by atoms with Gasteiger partial charge in [-0.1, -0.05) is 41.4 Å². The molecule has 112 valence electrons. The van der Waals surface area contributed by atoms with E-state index >= 15 is 0 Å².